The van der Waals surface area contributed by atoms with Crippen LogP contribution in [0.2, 0.25) is 0 Å². The van der Waals surface area contributed by atoms with Crippen LogP contribution in [-0.4, -0.2) is 0 Å². The van der Waals surface area contributed by atoms with Crippen LogP contribution in [0.15, 0.2) is 111 Å². The molecule has 0 saturated heterocycles. The maximum absolute atomic E-state index is 4.24. The van der Waals surface area contributed by atoms with Gasteiger partial charge in [0.1, 0.15) is 0 Å². The molecule has 2 aliphatic rings. The van der Waals surface area contributed by atoms with Gasteiger partial charge in [-0.2, -0.15) is 0 Å². The Kier molecular flexibility index (Phi) is 7.08. The molecule has 0 fully saturated rings. The third kappa shape index (κ3) is 4.10. The Balaban J connectivity index is 0.000000158. The smallest absolute Gasteiger partial charge is 0.00299 e. The van der Waals surface area contributed by atoms with Crippen LogP contribution in [0.4, 0.5) is 0 Å². The number of hydrogen-bond donors (Lipinski definition) is 0. The lowest BCUT2D eigenvalue weighted by molar-refractivity contribution is 1.50. The number of fused-ring (bicyclic) bond motifs is 6. The van der Waals surface area contributed by atoms with Gasteiger partial charge < -0.3 is 0 Å². The van der Waals surface area contributed by atoms with Gasteiger partial charge in [0.25, 0.3) is 0 Å². The molecule has 0 aromatic heterocycles. The van der Waals surface area contributed by atoms with Gasteiger partial charge >= 0.3 is 0 Å². The molecule has 0 atom stereocenters. The van der Waals surface area contributed by atoms with Crippen molar-refractivity contribution in [3.8, 4) is 22.3 Å². The molecular formula is C36H34. The van der Waals surface area contributed by atoms with Gasteiger partial charge in [-0.3, -0.25) is 0 Å². The van der Waals surface area contributed by atoms with E-state index in [1.165, 1.54) is 55.6 Å². The van der Waals surface area contributed by atoms with E-state index < -0.39 is 0 Å². The van der Waals surface area contributed by atoms with E-state index in [-0.39, 0.29) is 0 Å². The first-order chi connectivity index (χ1) is 17.4. The highest BCUT2D eigenvalue weighted by atomic mass is 14.3. The van der Waals surface area contributed by atoms with Crippen LogP contribution in [0.5, 0.6) is 0 Å². The van der Waals surface area contributed by atoms with Gasteiger partial charge in [-0.15, -0.1) is 0 Å². The molecule has 2 aliphatic carbocycles. The number of rotatable bonds is 2. The molecule has 6 rings (SSSR count). The fraction of sp³-hybridized carbons (Fsp3) is 0.111. The highest BCUT2D eigenvalue weighted by Gasteiger charge is 2.24. The first-order valence-corrected chi connectivity index (χ1v) is 12.6. The Morgan fingerprint density at radius 3 is 1.08 bits per heavy atom. The maximum atomic E-state index is 4.24. The number of allylic oxidation sites excluding steroid dienone is 2. The van der Waals surface area contributed by atoms with Gasteiger partial charge in [-0.1, -0.05) is 136 Å². The van der Waals surface area contributed by atoms with Crippen molar-refractivity contribution in [1.82, 2.24) is 0 Å². The van der Waals surface area contributed by atoms with E-state index >= 15 is 0 Å². The first kappa shape index (κ1) is 24.9. The number of benzene rings is 4. The Bertz CT molecular complexity index is 1410. The monoisotopic (exact) mass is 466 g/mol. The van der Waals surface area contributed by atoms with Crippen LogP contribution in [0, 0.1) is 0 Å². The average Bonchev–Trinajstić information content (AvgIpc) is 3.37. The first-order valence-electron chi connectivity index (χ1n) is 12.6. The van der Waals surface area contributed by atoms with Crippen LogP contribution in [0.1, 0.15) is 61.1 Å². The Labute approximate surface area is 216 Å². The summed E-state index contributed by atoms with van der Waals surface area (Å²) in [6.07, 6.45) is 0. The third-order valence-electron chi connectivity index (χ3n) is 6.74. The molecule has 4 aromatic rings. The second-order valence-electron chi connectivity index (χ2n) is 9.07. The average molecular weight is 467 g/mol. The second-order valence-corrected chi connectivity index (χ2v) is 9.07. The van der Waals surface area contributed by atoms with Crippen molar-refractivity contribution in [3.05, 3.63) is 145 Å². The van der Waals surface area contributed by atoms with E-state index in [0.717, 1.165) is 22.3 Å². The van der Waals surface area contributed by atoms with E-state index in [1.807, 2.05) is 27.7 Å². The minimum absolute atomic E-state index is 1.09. The predicted molar refractivity (Wildman–Crippen MR) is 161 cm³/mol. The molecule has 0 N–H and O–H groups in total. The highest BCUT2D eigenvalue weighted by molar-refractivity contribution is 6.04. The van der Waals surface area contributed by atoms with Crippen LogP contribution < -0.4 is 0 Å². The van der Waals surface area contributed by atoms with Crippen molar-refractivity contribution in [2.75, 3.05) is 0 Å². The van der Waals surface area contributed by atoms with Crippen molar-refractivity contribution in [2.45, 2.75) is 27.7 Å². The lowest BCUT2D eigenvalue weighted by Crippen LogP contribution is -1.87. The van der Waals surface area contributed by atoms with Crippen LogP contribution in [0.3, 0.4) is 0 Å². The molecule has 178 valence electrons. The molecule has 0 heterocycles. The van der Waals surface area contributed by atoms with Gasteiger partial charge in [-0.05, 0) is 80.6 Å². The minimum Gasteiger partial charge on any atom is -0.0955 e. The molecule has 36 heavy (non-hydrogen) atoms. The number of hydrogen-bond acceptors (Lipinski definition) is 0. The van der Waals surface area contributed by atoms with Crippen LogP contribution >= 0.6 is 0 Å². The summed E-state index contributed by atoms with van der Waals surface area (Å²) in [4.78, 5) is 0. The van der Waals surface area contributed by atoms with Gasteiger partial charge in [0.15, 0.2) is 0 Å². The Hall–Kier alpha value is -4.16. The predicted octanol–water partition coefficient (Wildman–Crippen LogP) is 10.5. The molecule has 0 radical (unpaired) electrons. The summed E-state index contributed by atoms with van der Waals surface area (Å²) < 4.78 is 0. The lowest BCUT2D eigenvalue weighted by Gasteiger charge is -2.08. The summed E-state index contributed by atoms with van der Waals surface area (Å²) in [7, 11) is 0. The molecule has 0 bridgehead atoms. The molecule has 4 aromatic carbocycles. The van der Waals surface area contributed by atoms with Crippen molar-refractivity contribution < 1.29 is 0 Å². The maximum Gasteiger partial charge on any atom is -0.00299 e. The minimum atomic E-state index is 1.09. The van der Waals surface area contributed by atoms with E-state index in [2.05, 4.69) is 111 Å². The van der Waals surface area contributed by atoms with Gasteiger partial charge in [0, 0.05) is 0 Å². The van der Waals surface area contributed by atoms with Crippen LogP contribution in [0.25, 0.3) is 44.5 Å². The standard InChI is InChI=1S/2C17H14.C2H6/c2*1-11(2)13-9-6-10-16-15-8-5-4-7-14(15)12(3)17(13)16;1-2/h2*4-10H,1,3H2,2H3;1-2H3. The summed E-state index contributed by atoms with van der Waals surface area (Å²) in [6, 6.07) is 29.7. The molecule has 0 saturated carbocycles. The topological polar surface area (TPSA) is 0 Å². The van der Waals surface area contributed by atoms with E-state index in [9.17, 15) is 0 Å². The molecule has 0 unspecified atom stereocenters. The molecule has 0 heteroatoms. The molecule has 0 aliphatic heterocycles. The molecule has 0 spiro atoms. The Morgan fingerprint density at radius 1 is 0.444 bits per heavy atom. The quantitative estimate of drug-likeness (QED) is 0.238. The van der Waals surface area contributed by atoms with Crippen molar-refractivity contribution in [3.63, 3.8) is 0 Å². The van der Waals surface area contributed by atoms with Gasteiger partial charge in [0.05, 0.1) is 0 Å². The third-order valence-corrected chi connectivity index (χ3v) is 6.74. The molecular weight excluding hydrogens is 432 g/mol. The second kappa shape index (κ2) is 10.2. The normalized spacial score (nSPS) is 11.7. The zero-order valence-corrected chi connectivity index (χ0v) is 21.9. The largest absolute Gasteiger partial charge is 0.0955 e. The van der Waals surface area contributed by atoms with E-state index in [0.29, 0.717) is 0 Å². The summed E-state index contributed by atoms with van der Waals surface area (Å²) in [5.74, 6) is 0. The lowest BCUT2D eigenvalue weighted by atomic mass is 9.95. The van der Waals surface area contributed by atoms with Gasteiger partial charge in [0.2, 0.25) is 0 Å². The zero-order chi connectivity index (χ0) is 26.0. The van der Waals surface area contributed by atoms with Crippen molar-refractivity contribution in [1.29, 1.82) is 0 Å². The highest BCUT2D eigenvalue weighted by Crippen LogP contribution is 2.47. The summed E-state index contributed by atoms with van der Waals surface area (Å²) in [5.41, 5.74) is 17.0. The van der Waals surface area contributed by atoms with Crippen molar-refractivity contribution in [2.24, 2.45) is 0 Å². The SMILES string of the molecule is C=C(C)c1cccc2c1C(=C)c1ccccc1-2.C=C(C)c1cccc2c1C(=C)c1ccccc1-2.CC. The zero-order valence-electron chi connectivity index (χ0n) is 21.9. The van der Waals surface area contributed by atoms with E-state index in [4.69, 9.17) is 0 Å². The summed E-state index contributed by atoms with van der Waals surface area (Å²) in [6.45, 7) is 24.7. The molecule has 0 amide bonds. The van der Waals surface area contributed by atoms with Crippen molar-refractivity contribution >= 4 is 22.3 Å². The Morgan fingerprint density at radius 2 is 0.750 bits per heavy atom. The molecule has 0 nitrogen and oxygen atoms in total. The summed E-state index contributed by atoms with van der Waals surface area (Å²) in [5, 5.41) is 0. The van der Waals surface area contributed by atoms with E-state index in [1.54, 1.807) is 0 Å². The fourth-order valence-electron chi connectivity index (χ4n) is 5.15. The van der Waals surface area contributed by atoms with Gasteiger partial charge in [-0.25, -0.2) is 0 Å². The summed E-state index contributed by atoms with van der Waals surface area (Å²) >= 11 is 0. The fourth-order valence-corrected chi connectivity index (χ4v) is 5.15. The van der Waals surface area contributed by atoms with Crippen LogP contribution in [-0.2, 0) is 0 Å².